The van der Waals surface area contributed by atoms with Gasteiger partial charge >= 0.3 is 0 Å². The van der Waals surface area contributed by atoms with E-state index >= 15 is 0 Å². The maximum Gasteiger partial charge on any atom is 0.242 e. The van der Waals surface area contributed by atoms with Gasteiger partial charge < -0.3 is 5.73 Å². The van der Waals surface area contributed by atoms with E-state index in [-0.39, 0.29) is 17.9 Å². The molecular weight excluding hydrogens is 286 g/mol. The van der Waals surface area contributed by atoms with E-state index in [0.29, 0.717) is 11.6 Å². The van der Waals surface area contributed by atoms with Crippen molar-refractivity contribution in [3.63, 3.8) is 0 Å². The standard InChI is InChI=1S/C15H21N3O2S/c1-10(16)11-9-21-14(17-11)18-12(19)8-15(13(18)20)6-4-2-3-5-7-15/h9-10H,2-8,16H2,1H3. The van der Waals surface area contributed by atoms with Crippen LogP contribution in [-0.2, 0) is 9.59 Å². The molecular formula is C15H21N3O2S. The van der Waals surface area contributed by atoms with Crippen molar-refractivity contribution in [3.8, 4) is 0 Å². The smallest absolute Gasteiger partial charge is 0.242 e. The topological polar surface area (TPSA) is 76.3 Å². The first-order chi connectivity index (χ1) is 10.0. The van der Waals surface area contributed by atoms with E-state index in [1.54, 1.807) is 0 Å². The van der Waals surface area contributed by atoms with Gasteiger partial charge in [-0.15, -0.1) is 11.3 Å². The lowest BCUT2D eigenvalue weighted by Gasteiger charge is -2.24. The first-order valence-corrected chi connectivity index (χ1v) is 8.50. The molecule has 5 nitrogen and oxygen atoms in total. The molecule has 0 aromatic carbocycles. The Labute approximate surface area is 128 Å². The predicted molar refractivity (Wildman–Crippen MR) is 82.0 cm³/mol. The summed E-state index contributed by atoms with van der Waals surface area (Å²) in [5.74, 6) is -0.146. The summed E-state index contributed by atoms with van der Waals surface area (Å²) >= 11 is 1.33. The van der Waals surface area contributed by atoms with Crippen LogP contribution in [0, 0.1) is 5.41 Å². The third kappa shape index (κ3) is 2.51. The highest BCUT2D eigenvalue weighted by atomic mass is 32.1. The SMILES string of the molecule is CC(N)c1csc(N2C(=O)CC3(CCCCCC3)C2=O)n1. The second kappa shape index (κ2) is 5.50. The number of anilines is 1. The Morgan fingerprint density at radius 2 is 1.95 bits per heavy atom. The minimum atomic E-state index is -0.465. The molecule has 0 bridgehead atoms. The zero-order chi connectivity index (χ0) is 15.0. The van der Waals surface area contributed by atoms with Crippen molar-refractivity contribution in [2.45, 2.75) is 57.9 Å². The van der Waals surface area contributed by atoms with E-state index in [9.17, 15) is 9.59 Å². The van der Waals surface area contributed by atoms with Crippen LogP contribution in [0.3, 0.4) is 0 Å². The molecule has 2 heterocycles. The molecule has 1 saturated carbocycles. The number of nitrogens with two attached hydrogens (primary N) is 1. The number of aromatic nitrogens is 1. The van der Waals surface area contributed by atoms with Crippen molar-refractivity contribution in [1.82, 2.24) is 4.98 Å². The van der Waals surface area contributed by atoms with Crippen LogP contribution < -0.4 is 10.6 Å². The summed E-state index contributed by atoms with van der Waals surface area (Å²) in [5, 5.41) is 2.32. The maximum atomic E-state index is 12.9. The summed E-state index contributed by atoms with van der Waals surface area (Å²) in [6.07, 6.45) is 6.41. The molecule has 2 aliphatic rings. The fourth-order valence-electron chi connectivity index (χ4n) is 3.37. The van der Waals surface area contributed by atoms with Crippen LogP contribution in [0.5, 0.6) is 0 Å². The Hall–Kier alpha value is -1.27. The van der Waals surface area contributed by atoms with Gasteiger partial charge in [0.25, 0.3) is 0 Å². The molecule has 1 aromatic rings. The monoisotopic (exact) mass is 307 g/mol. The zero-order valence-electron chi connectivity index (χ0n) is 12.3. The molecule has 3 rings (SSSR count). The summed E-state index contributed by atoms with van der Waals surface area (Å²) in [5.41, 5.74) is 6.08. The number of hydrogen-bond acceptors (Lipinski definition) is 5. The van der Waals surface area contributed by atoms with Crippen molar-refractivity contribution in [2.75, 3.05) is 4.90 Å². The van der Waals surface area contributed by atoms with Gasteiger partial charge in [-0.25, -0.2) is 9.88 Å². The fraction of sp³-hybridized carbons (Fsp3) is 0.667. The number of nitrogens with zero attached hydrogens (tertiary/aromatic N) is 2. The first-order valence-electron chi connectivity index (χ1n) is 7.62. The number of amides is 2. The first kappa shape index (κ1) is 14.7. The number of carbonyl (C=O) groups excluding carboxylic acids is 2. The second-order valence-electron chi connectivity index (χ2n) is 6.25. The van der Waals surface area contributed by atoms with Crippen LogP contribution >= 0.6 is 11.3 Å². The lowest BCUT2D eigenvalue weighted by atomic mass is 9.79. The molecule has 2 amide bonds. The summed E-state index contributed by atoms with van der Waals surface area (Å²) in [6, 6.07) is -0.186. The number of carbonyl (C=O) groups is 2. The molecule has 1 atom stereocenters. The summed E-state index contributed by atoms with van der Waals surface area (Å²) in [4.78, 5) is 30.9. The molecule has 2 N–H and O–H groups in total. The highest BCUT2D eigenvalue weighted by Crippen LogP contribution is 2.46. The Kier molecular flexibility index (Phi) is 3.84. The van der Waals surface area contributed by atoms with E-state index in [1.165, 1.54) is 16.2 Å². The highest BCUT2D eigenvalue weighted by molar-refractivity contribution is 7.14. The number of rotatable bonds is 2. The van der Waals surface area contributed by atoms with Gasteiger partial charge in [0, 0.05) is 17.8 Å². The molecule has 1 saturated heterocycles. The minimum Gasteiger partial charge on any atom is -0.323 e. The maximum absolute atomic E-state index is 12.9. The van der Waals surface area contributed by atoms with Crippen molar-refractivity contribution in [3.05, 3.63) is 11.1 Å². The van der Waals surface area contributed by atoms with Gasteiger partial charge in [-0.05, 0) is 19.8 Å². The molecule has 1 aliphatic carbocycles. The molecule has 0 radical (unpaired) electrons. The van der Waals surface area contributed by atoms with Gasteiger partial charge in [-0.2, -0.15) is 0 Å². The van der Waals surface area contributed by atoms with Crippen LogP contribution in [0.2, 0.25) is 0 Å². The lowest BCUT2D eigenvalue weighted by molar-refractivity contribution is -0.126. The minimum absolute atomic E-state index is 0.0417. The van der Waals surface area contributed by atoms with Crippen LogP contribution in [0.4, 0.5) is 5.13 Å². The number of thiazole rings is 1. The highest BCUT2D eigenvalue weighted by Gasteiger charge is 2.52. The second-order valence-corrected chi connectivity index (χ2v) is 7.09. The molecule has 1 unspecified atom stereocenters. The van der Waals surface area contributed by atoms with Crippen LogP contribution in [0.1, 0.15) is 63.6 Å². The summed E-state index contributed by atoms with van der Waals surface area (Å²) in [7, 11) is 0. The molecule has 114 valence electrons. The summed E-state index contributed by atoms with van der Waals surface area (Å²) in [6.45, 7) is 1.85. The molecule has 2 fully saturated rings. The van der Waals surface area contributed by atoms with Gasteiger partial charge in [-0.3, -0.25) is 9.59 Å². The molecule has 21 heavy (non-hydrogen) atoms. The Balaban J connectivity index is 1.89. The van der Waals surface area contributed by atoms with Crippen molar-refractivity contribution < 1.29 is 9.59 Å². The lowest BCUT2D eigenvalue weighted by Crippen LogP contribution is -2.35. The predicted octanol–water partition coefficient (Wildman–Crippen LogP) is 2.77. The quantitative estimate of drug-likeness (QED) is 0.852. The van der Waals surface area contributed by atoms with Crippen LogP contribution in [0.15, 0.2) is 5.38 Å². The van der Waals surface area contributed by atoms with Crippen LogP contribution in [0.25, 0.3) is 0 Å². The van der Waals surface area contributed by atoms with Crippen molar-refractivity contribution in [1.29, 1.82) is 0 Å². The number of hydrogen-bond donors (Lipinski definition) is 1. The average molecular weight is 307 g/mol. The Bertz CT molecular complexity index is 559. The van der Waals surface area contributed by atoms with E-state index in [4.69, 9.17) is 5.73 Å². The van der Waals surface area contributed by atoms with Crippen LogP contribution in [-0.4, -0.2) is 16.8 Å². The van der Waals surface area contributed by atoms with E-state index < -0.39 is 5.41 Å². The van der Waals surface area contributed by atoms with Gasteiger partial charge in [-0.1, -0.05) is 25.7 Å². The molecule has 6 heteroatoms. The summed E-state index contributed by atoms with van der Waals surface area (Å²) < 4.78 is 0. The van der Waals surface area contributed by atoms with Gasteiger partial charge in [0.2, 0.25) is 11.8 Å². The van der Waals surface area contributed by atoms with Gasteiger partial charge in [0.1, 0.15) is 0 Å². The van der Waals surface area contributed by atoms with Gasteiger partial charge in [0.05, 0.1) is 11.1 Å². The largest absolute Gasteiger partial charge is 0.323 e. The Morgan fingerprint density at radius 1 is 1.29 bits per heavy atom. The normalized spacial score (nSPS) is 23.6. The van der Waals surface area contributed by atoms with Gasteiger partial charge in [0.15, 0.2) is 5.13 Å². The Morgan fingerprint density at radius 3 is 2.52 bits per heavy atom. The molecule has 1 aliphatic heterocycles. The van der Waals surface area contributed by atoms with E-state index in [1.807, 2.05) is 12.3 Å². The zero-order valence-corrected chi connectivity index (χ0v) is 13.1. The third-order valence-electron chi connectivity index (χ3n) is 4.62. The van der Waals surface area contributed by atoms with E-state index in [0.717, 1.165) is 44.2 Å². The van der Waals surface area contributed by atoms with E-state index in [2.05, 4.69) is 4.98 Å². The number of imide groups is 1. The third-order valence-corrected chi connectivity index (χ3v) is 5.47. The van der Waals surface area contributed by atoms with Crippen molar-refractivity contribution in [2.24, 2.45) is 11.1 Å². The fourth-order valence-corrected chi connectivity index (χ4v) is 4.31. The van der Waals surface area contributed by atoms with Crippen molar-refractivity contribution >= 4 is 28.3 Å². The molecule has 1 spiro atoms. The molecule has 1 aromatic heterocycles. The average Bonchev–Trinajstić information content (AvgIpc) is 2.90.